The van der Waals surface area contributed by atoms with Crippen LogP contribution < -0.4 is 11.1 Å². The standard InChI is InChI=1S/C11H16ClN5O2/c12-10-9(13)11(16-7-15-10)14-2-1-8(18)17-3-5-19-6-4-17/h7H,1-6,13H2,(H,14,15,16). The van der Waals surface area contributed by atoms with E-state index in [1.807, 2.05) is 0 Å². The van der Waals surface area contributed by atoms with E-state index < -0.39 is 0 Å². The average molecular weight is 286 g/mol. The summed E-state index contributed by atoms with van der Waals surface area (Å²) < 4.78 is 5.19. The molecule has 1 saturated heterocycles. The van der Waals surface area contributed by atoms with Gasteiger partial charge >= 0.3 is 0 Å². The lowest BCUT2D eigenvalue weighted by Crippen LogP contribution is -2.41. The topological polar surface area (TPSA) is 93.4 Å². The van der Waals surface area contributed by atoms with Gasteiger partial charge in [-0.3, -0.25) is 4.79 Å². The summed E-state index contributed by atoms with van der Waals surface area (Å²) in [4.78, 5) is 21.4. The average Bonchev–Trinajstić information content (AvgIpc) is 2.44. The van der Waals surface area contributed by atoms with E-state index in [1.165, 1.54) is 6.33 Å². The predicted octanol–water partition coefficient (Wildman–Crippen LogP) is 0.373. The summed E-state index contributed by atoms with van der Waals surface area (Å²) >= 11 is 5.77. The zero-order valence-electron chi connectivity index (χ0n) is 10.4. The van der Waals surface area contributed by atoms with Crippen LogP contribution in [-0.2, 0) is 9.53 Å². The van der Waals surface area contributed by atoms with Crippen LogP contribution in [0.3, 0.4) is 0 Å². The molecule has 1 aliphatic rings. The second-order valence-electron chi connectivity index (χ2n) is 4.10. The van der Waals surface area contributed by atoms with Crippen molar-refractivity contribution in [3.8, 4) is 0 Å². The van der Waals surface area contributed by atoms with Crippen molar-refractivity contribution >= 4 is 29.0 Å². The first kappa shape index (κ1) is 13.8. The van der Waals surface area contributed by atoms with Crippen LogP contribution >= 0.6 is 11.6 Å². The molecule has 0 bridgehead atoms. The molecule has 1 aliphatic heterocycles. The molecule has 2 heterocycles. The van der Waals surface area contributed by atoms with Crippen molar-refractivity contribution in [2.24, 2.45) is 0 Å². The molecule has 0 aliphatic carbocycles. The van der Waals surface area contributed by atoms with Crippen LogP contribution in [0, 0.1) is 0 Å². The van der Waals surface area contributed by atoms with Crippen LogP contribution in [0.2, 0.25) is 5.15 Å². The monoisotopic (exact) mass is 285 g/mol. The smallest absolute Gasteiger partial charge is 0.224 e. The molecule has 1 aromatic heterocycles. The van der Waals surface area contributed by atoms with E-state index in [0.29, 0.717) is 50.8 Å². The molecule has 19 heavy (non-hydrogen) atoms. The number of nitrogens with zero attached hydrogens (tertiary/aromatic N) is 3. The number of morpholine rings is 1. The summed E-state index contributed by atoms with van der Waals surface area (Å²) in [6.07, 6.45) is 1.70. The Morgan fingerprint density at radius 3 is 2.95 bits per heavy atom. The molecule has 0 spiro atoms. The Labute approximate surface area is 116 Å². The van der Waals surface area contributed by atoms with Crippen LogP contribution in [0.15, 0.2) is 6.33 Å². The van der Waals surface area contributed by atoms with Gasteiger partial charge in [-0.25, -0.2) is 9.97 Å². The number of halogens is 1. The molecule has 0 radical (unpaired) electrons. The summed E-state index contributed by atoms with van der Waals surface area (Å²) in [5, 5.41) is 3.19. The van der Waals surface area contributed by atoms with Crippen molar-refractivity contribution in [2.75, 3.05) is 43.9 Å². The SMILES string of the molecule is Nc1c(Cl)ncnc1NCCC(=O)N1CCOCC1. The van der Waals surface area contributed by atoms with Crippen molar-refractivity contribution in [1.82, 2.24) is 14.9 Å². The zero-order chi connectivity index (χ0) is 13.7. The lowest BCUT2D eigenvalue weighted by atomic mass is 10.3. The molecular weight excluding hydrogens is 270 g/mol. The molecule has 1 aromatic rings. The van der Waals surface area contributed by atoms with Crippen LogP contribution in [0.25, 0.3) is 0 Å². The maximum absolute atomic E-state index is 11.9. The van der Waals surface area contributed by atoms with Gasteiger partial charge in [0, 0.05) is 26.1 Å². The number of rotatable bonds is 4. The highest BCUT2D eigenvalue weighted by atomic mass is 35.5. The van der Waals surface area contributed by atoms with Crippen molar-refractivity contribution in [3.63, 3.8) is 0 Å². The third-order valence-corrected chi connectivity index (χ3v) is 3.13. The van der Waals surface area contributed by atoms with Gasteiger partial charge in [-0.05, 0) is 0 Å². The lowest BCUT2D eigenvalue weighted by Gasteiger charge is -2.26. The van der Waals surface area contributed by atoms with Crippen LogP contribution in [0.4, 0.5) is 11.5 Å². The predicted molar refractivity (Wildman–Crippen MR) is 72.0 cm³/mol. The van der Waals surface area contributed by atoms with E-state index in [-0.39, 0.29) is 11.1 Å². The first-order chi connectivity index (χ1) is 9.18. The fourth-order valence-corrected chi connectivity index (χ4v) is 1.91. The minimum absolute atomic E-state index is 0.0922. The number of anilines is 2. The molecule has 104 valence electrons. The van der Waals surface area contributed by atoms with Crippen LogP contribution in [0.1, 0.15) is 6.42 Å². The van der Waals surface area contributed by atoms with Crippen molar-refractivity contribution in [2.45, 2.75) is 6.42 Å². The number of aromatic nitrogens is 2. The normalized spacial score (nSPS) is 15.3. The van der Waals surface area contributed by atoms with Gasteiger partial charge < -0.3 is 20.7 Å². The first-order valence-corrected chi connectivity index (χ1v) is 6.41. The van der Waals surface area contributed by atoms with E-state index >= 15 is 0 Å². The highest BCUT2D eigenvalue weighted by molar-refractivity contribution is 6.32. The molecule has 2 rings (SSSR count). The minimum Gasteiger partial charge on any atom is -0.393 e. The molecule has 7 nitrogen and oxygen atoms in total. The van der Waals surface area contributed by atoms with Gasteiger partial charge in [0.1, 0.15) is 12.0 Å². The highest BCUT2D eigenvalue weighted by Crippen LogP contribution is 2.21. The summed E-state index contributed by atoms with van der Waals surface area (Å²) in [7, 11) is 0. The summed E-state index contributed by atoms with van der Waals surface area (Å²) in [6, 6.07) is 0. The second kappa shape index (κ2) is 6.53. The van der Waals surface area contributed by atoms with Crippen molar-refractivity contribution < 1.29 is 9.53 Å². The molecule has 1 fully saturated rings. The first-order valence-electron chi connectivity index (χ1n) is 6.04. The number of nitrogens with two attached hydrogens (primary N) is 1. The quantitative estimate of drug-likeness (QED) is 0.777. The number of amides is 1. The fourth-order valence-electron chi connectivity index (χ4n) is 1.77. The number of carbonyl (C=O) groups excluding carboxylic acids is 1. The second-order valence-corrected chi connectivity index (χ2v) is 4.45. The van der Waals surface area contributed by atoms with E-state index in [9.17, 15) is 4.79 Å². The number of hydrogen-bond donors (Lipinski definition) is 2. The van der Waals surface area contributed by atoms with E-state index in [2.05, 4.69) is 15.3 Å². The maximum Gasteiger partial charge on any atom is 0.224 e. The molecule has 3 N–H and O–H groups in total. The van der Waals surface area contributed by atoms with Crippen LogP contribution in [0.5, 0.6) is 0 Å². The number of nitrogens with one attached hydrogen (secondary N) is 1. The number of ether oxygens (including phenoxy) is 1. The number of hydrogen-bond acceptors (Lipinski definition) is 6. The van der Waals surface area contributed by atoms with E-state index in [4.69, 9.17) is 22.1 Å². The minimum atomic E-state index is 0.0922. The maximum atomic E-state index is 11.9. The van der Waals surface area contributed by atoms with E-state index in [0.717, 1.165) is 0 Å². The lowest BCUT2D eigenvalue weighted by molar-refractivity contribution is -0.134. The van der Waals surface area contributed by atoms with Gasteiger partial charge in [-0.15, -0.1) is 0 Å². The van der Waals surface area contributed by atoms with Crippen LogP contribution in [-0.4, -0.2) is 53.6 Å². The third-order valence-electron chi connectivity index (χ3n) is 2.83. The van der Waals surface area contributed by atoms with Crippen molar-refractivity contribution in [3.05, 3.63) is 11.5 Å². The molecule has 0 unspecified atom stereocenters. The Morgan fingerprint density at radius 2 is 2.21 bits per heavy atom. The molecule has 1 amide bonds. The zero-order valence-corrected chi connectivity index (χ0v) is 11.2. The number of carbonyl (C=O) groups is 1. The van der Waals surface area contributed by atoms with Gasteiger partial charge in [-0.2, -0.15) is 0 Å². The summed E-state index contributed by atoms with van der Waals surface area (Å²) in [5.41, 5.74) is 6.01. The Morgan fingerprint density at radius 1 is 1.47 bits per heavy atom. The molecule has 0 atom stereocenters. The Bertz CT molecular complexity index is 451. The molecule has 0 saturated carbocycles. The third kappa shape index (κ3) is 3.68. The Kier molecular flexibility index (Phi) is 4.75. The fraction of sp³-hybridized carbons (Fsp3) is 0.545. The van der Waals surface area contributed by atoms with E-state index in [1.54, 1.807) is 4.90 Å². The Balaban J connectivity index is 1.79. The van der Waals surface area contributed by atoms with Crippen molar-refractivity contribution in [1.29, 1.82) is 0 Å². The highest BCUT2D eigenvalue weighted by Gasteiger charge is 2.16. The van der Waals surface area contributed by atoms with Gasteiger partial charge in [0.2, 0.25) is 5.91 Å². The van der Waals surface area contributed by atoms with Gasteiger partial charge in [-0.1, -0.05) is 11.6 Å². The molecule has 0 aromatic carbocycles. The Hall–Kier alpha value is -1.60. The largest absolute Gasteiger partial charge is 0.393 e. The van der Waals surface area contributed by atoms with Gasteiger partial charge in [0.25, 0.3) is 0 Å². The summed E-state index contributed by atoms with van der Waals surface area (Å²) in [5.74, 6) is 0.546. The van der Waals surface area contributed by atoms with Gasteiger partial charge in [0.05, 0.1) is 13.2 Å². The summed E-state index contributed by atoms with van der Waals surface area (Å²) in [6.45, 7) is 2.97. The number of nitrogen functional groups attached to an aromatic ring is 1. The van der Waals surface area contributed by atoms with Gasteiger partial charge in [0.15, 0.2) is 11.0 Å². The molecule has 8 heteroatoms. The molecular formula is C11H16ClN5O2.